The van der Waals surface area contributed by atoms with E-state index in [0.29, 0.717) is 0 Å². The van der Waals surface area contributed by atoms with Gasteiger partial charge in [-0.1, -0.05) is 19.8 Å². The lowest BCUT2D eigenvalue weighted by atomic mass is 10.2. The van der Waals surface area contributed by atoms with E-state index in [-0.39, 0.29) is 0 Å². The largest absolute Gasteiger partial charge is 0.342 e. The monoisotopic (exact) mass is 228 g/mol. The van der Waals surface area contributed by atoms with Gasteiger partial charge < -0.3 is 4.90 Å². The Morgan fingerprint density at radius 2 is 2.40 bits per heavy atom. The number of nitrogens with one attached hydrogen (secondary N) is 1. The molecule has 0 amide bonds. The fourth-order valence-electron chi connectivity index (χ4n) is 1.89. The second-order valence-corrected chi connectivity index (χ2v) is 4.25. The highest BCUT2D eigenvalue weighted by Crippen LogP contribution is 2.22. The van der Waals surface area contributed by atoms with Crippen molar-refractivity contribution in [2.45, 2.75) is 32.7 Å². The van der Waals surface area contributed by atoms with Crippen molar-refractivity contribution in [3.63, 3.8) is 0 Å². The van der Waals surface area contributed by atoms with E-state index >= 15 is 0 Å². The van der Waals surface area contributed by atoms with E-state index < -0.39 is 0 Å². The Labute approximate surface area is 95.3 Å². The minimum Gasteiger partial charge on any atom is -0.342 e. The predicted octanol–water partition coefficient (Wildman–Crippen LogP) is 1.94. The number of unbranched alkanes of at least 4 members (excludes halogenated alkanes) is 2. The number of hydrogen-bond acceptors (Lipinski definition) is 3. The maximum absolute atomic E-state index is 5.97. The highest BCUT2D eigenvalue weighted by Gasteiger charge is 2.20. The molecule has 1 aromatic rings. The van der Waals surface area contributed by atoms with Crippen LogP contribution in [0.3, 0.4) is 0 Å². The van der Waals surface area contributed by atoms with E-state index in [9.17, 15) is 0 Å². The summed E-state index contributed by atoms with van der Waals surface area (Å²) in [6, 6.07) is 0. The predicted molar refractivity (Wildman–Crippen MR) is 62.1 cm³/mol. The van der Waals surface area contributed by atoms with Crippen LogP contribution in [-0.2, 0) is 6.54 Å². The second-order valence-electron chi connectivity index (χ2n) is 3.88. The lowest BCUT2D eigenvalue weighted by Crippen LogP contribution is -2.40. The van der Waals surface area contributed by atoms with Crippen LogP contribution >= 0.6 is 11.8 Å². The van der Waals surface area contributed by atoms with Crippen molar-refractivity contribution >= 4 is 17.6 Å². The van der Waals surface area contributed by atoms with Gasteiger partial charge in [0, 0.05) is 24.9 Å². The van der Waals surface area contributed by atoms with Crippen molar-refractivity contribution in [3.05, 3.63) is 12.0 Å². The van der Waals surface area contributed by atoms with Crippen LogP contribution in [0.5, 0.6) is 0 Å². The molecule has 1 aliphatic rings. The number of halogens is 1. The van der Waals surface area contributed by atoms with Crippen molar-refractivity contribution in [2.75, 3.05) is 18.1 Å². The average molecular weight is 229 g/mol. The molecule has 5 heteroatoms. The van der Waals surface area contributed by atoms with E-state index in [1.807, 2.05) is 0 Å². The van der Waals surface area contributed by atoms with Crippen molar-refractivity contribution in [1.82, 2.24) is 14.4 Å². The molecular formula is C10H17ClN4. The topological polar surface area (TPSA) is 33.1 Å². The van der Waals surface area contributed by atoms with Crippen molar-refractivity contribution in [1.29, 1.82) is 0 Å². The van der Waals surface area contributed by atoms with Gasteiger partial charge >= 0.3 is 0 Å². The fourth-order valence-corrected chi connectivity index (χ4v) is 2.06. The van der Waals surface area contributed by atoms with Gasteiger partial charge in [0.1, 0.15) is 6.33 Å². The standard InChI is InChI=1S/C10H17ClN4/c1-2-3-4-5-14-7-12-6-9-10(14)13-8-15(9)11/h8,12H,2-7H2,1H3. The van der Waals surface area contributed by atoms with Gasteiger partial charge in [0.05, 0.1) is 12.4 Å². The molecule has 0 unspecified atom stereocenters. The summed E-state index contributed by atoms with van der Waals surface area (Å²) in [6.45, 7) is 4.96. The van der Waals surface area contributed by atoms with Gasteiger partial charge in [-0.2, -0.15) is 0 Å². The maximum Gasteiger partial charge on any atom is 0.153 e. The van der Waals surface area contributed by atoms with E-state index in [1.54, 1.807) is 10.4 Å². The molecule has 0 saturated heterocycles. The Bertz CT molecular complexity index is 323. The summed E-state index contributed by atoms with van der Waals surface area (Å²) < 4.78 is 1.58. The first-order chi connectivity index (χ1) is 7.33. The van der Waals surface area contributed by atoms with Crippen LogP contribution in [-0.4, -0.2) is 22.3 Å². The van der Waals surface area contributed by atoms with Crippen molar-refractivity contribution in [3.8, 4) is 0 Å². The Morgan fingerprint density at radius 1 is 1.53 bits per heavy atom. The van der Waals surface area contributed by atoms with E-state index in [1.165, 1.54) is 19.3 Å². The zero-order chi connectivity index (χ0) is 10.7. The number of imidazole rings is 1. The van der Waals surface area contributed by atoms with E-state index in [4.69, 9.17) is 11.8 Å². The molecule has 84 valence electrons. The van der Waals surface area contributed by atoms with Gasteiger partial charge in [-0.15, -0.1) is 0 Å². The third-order valence-corrected chi connectivity index (χ3v) is 3.01. The van der Waals surface area contributed by atoms with Gasteiger partial charge in [-0.05, 0) is 6.42 Å². The Balaban J connectivity index is 2.02. The van der Waals surface area contributed by atoms with Gasteiger partial charge in [0.15, 0.2) is 5.82 Å². The Morgan fingerprint density at radius 3 is 3.20 bits per heavy atom. The number of nitrogens with zero attached hydrogens (tertiary/aromatic N) is 3. The normalized spacial score (nSPS) is 15.5. The molecule has 2 heterocycles. The number of hydrogen-bond donors (Lipinski definition) is 1. The first kappa shape index (κ1) is 10.8. The summed E-state index contributed by atoms with van der Waals surface area (Å²) in [4.78, 5) is 6.59. The summed E-state index contributed by atoms with van der Waals surface area (Å²) in [5.74, 6) is 1.04. The molecule has 1 aromatic heterocycles. The van der Waals surface area contributed by atoms with Crippen LogP contribution in [0.15, 0.2) is 6.33 Å². The van der Waals surface area contributed by atoms with E-state index in [0.717, 1.165) is 31.3 Å². The minimum absolute atomic E-state index is 0.809. The summed E-state index contributed by atoms with van der Waals surface area (Å²) in [7, 11) is 0. The number of anilines is 1. The van der Waals surface area contributed by atoms with Crippen LogP contribution in [0.25, 0.3) is 0 Å². The molecule has 0 bridgehead atoms. The molecule has 4 nitrogen and oxygen atoms in total. The van der Waals surface area contributed by atoms with Gasteiger partial charge in [-0.3, -0.25) is 5.32 Å². The van der Waals surface area contributed by atoms with Crippen LogP contribution in [0.2, 0.25) is 0 Å². The summed E-state index contributed by atoms with van der Waals surface area (Å²) >= 11 is 5.97. The molecule has 1 aliphatic heterocycles. The third kappa shape index (κ3) is 2.26. The van der Waals surface area contributed by atoms with Gasteiger partial charge in [-0.25, -0.2) is 9.07 Å². The summed E-state index contributed by atoms with van der Waals surface area (Å²) in [6.07, 6.45) is 5.41. The SMILES string of the molecule is CCCCCN1CNCc2c1ncn2Cl. The van der Waals surface area contributed by atoms with Crippen LogP contribution in [0.1, 0.15) is 31.9 Å². The fraction of sp³-hybridized carbons (Fsp3) is 0.700. The Hall–Kier alpha value is -0.740. The first-order valence-electron chi connectivity index (χ1n) is 5.51. The Kier molecular flexibility index (Phi) is 3.49. The first-order valence-corrected chi connectivity index (χ1v) is 5.84. The number of fused-ring (bicyclic) bond motifs is 1. The van der Waals surface area contributed by atoms with Crippen LogP contribution < -0.4 is 10.2 Å². The lowest BCUT2D eigenvalue weighted by molar-refractivity contribution is 0.576. The van der Waals surface area contributed by atoms with Gasteiger partial charge in [0.2, 0.25) is 0 Å². The summed E-state index contributed by atoms with van der Waals surface area (Å²) in [5, 5.41) is 3.33. The minimum atomic E-state index is 0.809. The van der Waals surface area contributed by atoms with Gasteiger partial charge in [0.25, 0.3) is 0 Å². The zero-order valence-electron chi connectivity index (χ0n) is 9.04. The number of aromatic nitrogens is 2. The summed E-state index contributed by atoms with van der Waals surface area (Å²) in [5.41, 5.74) is 1.07. The molecule has 15 heavy (non-hydrogen) atoms. The van der Waals surface area contributed by atoms with Crippen LogP contribution in [0.4, 0.5) is 5.82 Å². The maximum atomic E-state index is 5.97. The second kappa shape index (κ2) is 4.86. The molecule has 0 spiro atoms. The molecule has 0 fully saturated rings. The smallest absolute Gasteiger partial charge is 0.153 e. The van der Waals surface area contributed by atoms with E-state index in [2.05, 4.69) is 22.1 Å². The molecule has 0 atom stereocenters. The molecule has 1 N–H and O–H groups in total. The zero-order valence-corrected chi connectivity index (χ0v) is 9.80. The molecule has 2 rings (SSSR count). The molecule has 0 saturated carbocycles. The third-order valence-electron chi connectivity index (χ3n) is 2.72. The lowest BCUT2D eigenvalue weighted by Gasteiger charge is -2.28. The quantitative estimate of drug-likeness (QED) is 0.800. The molecule has 0 radical (unpaired) electrons. The van der Waals surface area contributed by atoms with Crippen molar-refractivity contribution < 1.29 is 0 Å². The van der Waals surface area contributed by atoms with Crippen molar-refractivity contribution in [2.24, 2.45) is 0 Å². The molecule has 0 aromatic carbocycles. The number of rotatable bonds is 4. The van der Waals surface area contributed by atoms with Crippen LogP contribution in [0, 0.1) is 0 Å². The highest BCUT2D eigenvalue weighted by molar-refractivity contribution is 6.16. The highest BCUT2D eigenvalue weighted by atomic mass is 35.5. The average Bonchev–Trinajstić information content (AvgIpc) is 2.62. The molecular weight excluding hydrogens is 212 g/mol. The molecule has 0 aliphatic carbocycles.